The van der Waals surface area contributed by atoms with Crippen LogP contribution in [0.3, 0.4) is 0 Å². The molecule has 0 atom stereocenters. The average Bonchev–Trinajstić information content (AvgIpc) is 2.74. The van der Waals surface area contributed by atoms with Gasteiger partial charge in [0, 0.05) is 32.9 Å². The SMILES string of the molecule is CN(C)S(=O)(=O)Nc1ccc(-c2ccc3ncc(N4CCOCC4)nc3c2)cc1. The molecule has 152 valence electrons. The highest BCUT2D eigenvalue weighted by molar-refractivity contribution is 7.90. The number of hydrogen-bond donors (Lipinski definition) is 1. The van der Waals surface area contributed by atoms with Crippen LogP contribution in [0.1, 0.15) is 0 Å². The van der Waals surface area contributed by atoms with Gasteiger partial charge in [0.15, 0.2) is 0 Å². The highest BCUT2D eigenvalue weighted by Crippen LogP contribution is 2.26. The highest BCUT2D eigenvalue weighted by Gasteiger charge is 2.14. The Morgan fingerprint density at radius 1 is 1.00 bits per heavy atom. The molecule has 1 saturated heterocycles. The number of rotatable bonds is 5. The van der Waals surface area contributed by atoms with E-state index in [-0.39, 0.29) is 0 Å². The monoisotopic (exact) mass is 413 g/mol. The second-order valence-corrected chi connectivity index (χ2v) is 8.88. The third-order valence-corrected chi connectivity index (χ3v) is 6.27. The molecule has 4 rings (SSSR count). The summed E-state index contributed by atoms with van der Waals surface area (Å²) in [6.07, 6.45) is 1.80. The zero-order valence-corrected chi connectivity index (χ0v) is 17.2. The van der Waals surface area contributed by atoms with Gasteiger partial charge in [0.2, 0.25) is 0 Å². The van der Waals surface area contributed by atoms with Crippen LogP contribution in [0, 0.1) is 0 Å². The molecule has 29 heavy (non-hydrogen) atoms. The van der Waals surface area contributed by atoms with Crippen molar-refractivity contribution in [2.75, 3.05) is 50.0 Å². The first-order chi connectivity index (χ1) is 13.9. The lowest BCUT2D eigenvalue weighted by Gasteiger charge is -2.27. The molecular weight excluding hydrogens is 390 g/mol. The van der Waals surface area contributed by atoms with Crippen molar-refractivity contribution in [2.45, 2.75) is 0 Å². The molecule has 1 aliphatic rings. The van der Waals surface area contributed by atoms with E-state index in [0.29, 0.717) is 18.9 Å². The quantitative estimate of drug-likeness (QED) is 0.691. The molecule has 1 aliphatic heterocycles. The molecule has 2 heterocycles. The Kier molecular flexibility index (Phi) is 5.35. The van der Waals surface area contributed by atoms with E-state index in [9.17, 15) is 8.42 Å². The fourth-order valence-corrected chi connectivity index (χ4v) is 3.71. The minimum Gasteiger partial charge on any atom is -0.378 e. The summed E-state index contributed by atoms with van der Waals surface area (Å²) in [5, 5.41) is 0. The fraction of sp³-hybridized carbons (Fsp3) is 0.300. The fourth-order valence-electron chi connectivity index (χ4n) is 3.10. The Morgan fingerprint density at radius 3 is 2.38 bits per heavy atom. The van der Waals surface area contributed by atoms with Crippen LogP contribution in [0.25, 0.3) is 22.2 Å². The van der Waals surface area contributed by atoms with Crippen molar-refractivity contribution in [3.63, 3.8) is 0 Å². The minimum atomic E-state index is -3.52. The lowest BCUT2D eigenvalue weighted by atomic mass is 10.0. The van der Waals surface area contributed by atoms with Crippen molar-refractivity contribution in [1.29, 1.82) is 0 Å². The van der Waals surface area contributed by atoms with E-state index >= 15 is 0 Å². The molecule has 0 radical (unpaired) electrons. The number of aromatic nitrogens is 2. The maximum absolute atomic E-state index is 12.0. The van der Waals surface area contributed by atoms with Crippen LogP contribution >= 0.6 is 0 Å². The van der Waals surface area contributed by atoms with Crippen LogP contribution in [0.5, 0.6) is 0 Å². The molecule has 0 saturated carbocycles. The Hall–Kier alpha value is -2.75. The molecule has 1 N–H and O–H groups in total. The molecule has 0 aliphatic carbocycles. The number of nitrogens with one attached hydrogen (secondary N) is 1. The molecule has 1 fully saturated rings. The molecule has 3 aromatic rings. The number of anilines is 2. The highest BCUT2D eigenvalue weighted by atomic mass is 32.2. The van der Waals surface area contributed by atoms with Gasteiger partial charge in [-0.2, -0.15) is 12.7 Å². The van der Waals surface area contributed by atoms with Crippen LogP contribution < -0.4 is 9.62 Å². The topological polar surface area (TPSA) is 87.7 Å². The number of nitrogens with zero attached hydrogens (tertiary/aromatic N) is 4. The lowest BCUT2D eigenvalue weighted by Crippen LogP contribution is -2.36. The third-order valence-electron chi connectivity index (χ3n) is 4.81. The predicted octanol–water partition coefficient (Wildman–Crippen LogP) is 2.35. The lowest BCUT2D eigenvalue weighted by molar-refractivity contribution is 0.122. The van der Waals surface area contributed by atoms with Gasteiger partial charge in [-0.15, -0.1) is 0 Å². The van der Waals surface area contributed by atoms with Gasteiger partial charge in [-0.1, -0.05) is 18.2 Å². The van der Waals surface area contributed by atoms with Gasteiger partial charge in [-0.3, -0.25) is 9.71 Å². The smallest absolute Gasteiger partial charge is 0.301 e. The average molecular weight is 414 g/mol. The Balaban J connectivity index is 1.60. The third kappa shape index (κ3) is 4.31. The predicted molar refractivity (Wildman–Crippen MR) is 114 cm³/mol. The summed E-state index contributed by atoms with van der Waals surface area (Å²) in [4.78, 5) is 11.5. The van der Waals surface area contributed by atoms with Crippen LogP contribution in [0.2, 0.25) is 0 Å². The van der Waals surface area contributed by atoms with Crippen molar-refractivity contribution in [3.05, 3.63) is 48.7 Å². The first kappa shape index (κ1) is 19.6. The maximum atomic E-state index is 12.0. The Morgan fingerprint density at radius 2 is 1.69 bits per heavy atom. The molecule has 9 heteroatoms. The van der Waals surface area contributed by atoms with Gasteiger partial charge in [0.25, 0.3) is 0 Å². The summed E-state index contributed by atoms with van der Waals surface area (Å²) in [7, 11) is -0.553. The number of morpholine rings is 1. The maximum Gasteiger partial charge on any atom is 0.301 e. The summed E-state index contributed by atoms with van der Waals surface area (Å²) in [5.74, 6) is 0.853. The Labute approximate surface area is 170 Å². The van der Waals surface area contributed by atoms with E-state index in [1.54, 1.807) is 18.3 Å². The second-order valence-electron chi connectivity index (χ2n) is 7.00. The summed E-state index contributed by atoms with van der Waals surface area (Å²) < 4.78 is 33.0. The summed E-state index contributed by atoms with van der Waals surface area (Å²) in [5.41, 5.74) is 4.13. The number of benzene rings is 2. The normalized spacial score (nSPS) is 15.1. The summed E-state index contributed by atoms with van der Waals surface area (Å²) in [6, 6.07) is 13.2. The molecule has 8 nitrogen and oxygen atoms in total. The molecule has 2 aromatic carbocycles. The molecule has 0 unspecified atom stereocenters. The van der Waals surface area contributed by atoms with E-state index in [0.717, 1.165) is 45.4 Å². The molecular formula is C20H23N5O3S. The van der Waals surface area contributed by atoms with Crippen molar-refractivity contribution in [1.82, 2.24) is 14.3 Å². The van der Waals surface area contributed by atoms with E-state index in [2.05, 4.69) is 14.6 Å². The van der Waals surface area contributed by atoms with Crippen molar-refractivity contribution in [2.24, 2.45) is 0 Å². The molecule has 0 bridgehead atoms. The van der Waals surface area contributed by atoms with Crippen LogP contribution in [-0.2, 0) is 14.9 Å². The van der Waals surface area contributed by atoms with Crippen LogP contribution in [0.4, 0.5) is 11.5 Å². The first-order valence-electron chi connectivity index (χ1n) is 9.32. The zero-order chi connectivity index (χ0) is 20.4. The number of fused-ring (bicyclic) bond motifs is 1. The molecule has 1 aromatic heterocycles. The van der Waals surface area contributed by atoms with Crippen molar-refractivity contribution in [3.8, 4) is 11.1 Å². The summed E-state index contributed by atoms with van der Waals surface area (Å²) in [6.45, 7) is 3.02. The van der Waals surface area contributed by atoms with Crippen molar-refractivity contribution < 1.29 is 13.2 Å². The standard InChI is InChI=1S/C20H23N5O3S/c1-24(2)29(26,27)23-17-6-3-15(4-7-17)16-5-8-18-19(13-16)22-20(14-21-18)25-9-11-28-12-10-25/h3-8,13-14,23H,9-12H2,1-2H3. The first-order valence-corrected chi connectivity index (χ1v) is 10.8. The van der Waals surface area contributed by atoms with Crippen molar-refractivity contribution >= 4 is 32.7 Å². The van der Waals surface area contributed by atoms with Gasteiger partial charge in [-0.25, -0.2) is 4.98 Å². The van der Waals surface area contributed by atoms with Crippen LogP contribution in [-0.4, -0.2) is 63.1 Å². The van der Waals surface area contributed by atoms with Gasteiger partial charge in [0.05, 0.1) is 30.4 Å². The summed E-state index contributed by atoms with van der Waals surface area (Å²) >= 11 is 0. The van der Waals surface area contributed by atoms with E-state index in [4.69, 9.17) is 9.72 Å². The van der Waals surface area contributed by atoms with E-state index in [1.165, 1.54) is 14.1 Å². The molecule has 0 amide bonds. The molecule has 0 spiro atoms. The number of ether oxygens (including phenoxy) is 1. The van der Waals surface area contributed by atoms with Gasteiger partial charge < -0.3 is 9.64 Å². The van der Waals surface area contributed by atoms with E-state index < -0.39 is 10.2 Å². The Bertz CT molecular complexity index is 1110. The second kappa shape index (κ2) is 7.94. The largest absolute Gasteiger partial charge is 0.378 e. The number of hydrogen-bond acceptors (Lipinski definition) is 6. The van der Waals surface area contributed by atoms with Crippen LogP contribution in [0.15, 0.2) is 48.7 Å². The van der Waals surface area contributed by atoms with Gasteiger partial charge in [0.1, 0.15) is 5.82 Å². The minimum absolute atomic E-state index is 0.512. The van der Waals surface area contributed by atoms with E-state index in [1.807, 2.05) is 30.3 Å². The van der Waals surface area contributed by atoms with Gasteiger partial charge >= 0.3 is 10.2 Å². The zero-order valence-electron chi connectivity index (χ0n) is 16.4. The van der Waals surface area contributed by atoms with Gasteiger partial charge in [-0.05, 0) is 35.4 Å².